The average molecular weight is 336 g/mol. The van der Waals surface area contributed by atoms with Crippen molar-refractivity contribution < 1.29 is 9.47 Å². The lowest BCUT2D eigenvalue weighted by molar-refractivity contribution is 0.408. The molecule has 0 fully saturated rings. The van der Waals surface area contributed by atoms with Crippen LogP contribution in [0.15, 0.2) is 54.9 Å². The topological polar surface area (TPSA) is 36.3 Å². The lowest BCUT2D eigenvalue weighted by Gasteiger charge is -2.12. The first-order valence-corrected chi connectivity index (χ1v) is 8.57. The third-order valence-corrected chi connectivity index (χ3v) is 4.33. The van der Waals surface area contributed by atoms with Gasteiger partial charge in [0.1, 0.15) is 11.5 Å². The van der Waals surface area contributed by atoms with Gasteiger partial charge in [-0.15, -0.1) is 0 Å². The van der Waals surface area contributed by atoms with Crippen LogP contribution in [0.1, 0.15) is 24.6 Å². The highest BCUT2D eigenvalue weighted by Gasteiger charge is 2.14. The van der Waals surface area contributed by atoms with Crippen LogP contribution in [0.25, 0.3) is 11.3 Å². The second-order valence-electron chi connectivity index (χ2n) is 5.96. The molecule has 1 heterocycles. The Balaban J connectivity index is 1.96. The molecule has 3 rings (SSSR count). The number of para-hydroxylation sites is 1. The number of nitrogens with zero attached hydrogens (tertiary/aromatic N) is 2. The van der Waals surface area contributed by atoms with Crippen LogP contribution >= 0.6 is 0 Å². The molecule has 130 valence electrons. The highest BCUT2D eigenvalue weighted by Crippen LogP contribution is 2.27. The molecule has 4 heteroatoms. The number of benzene rings is 2. The molecule has 0 aliphatic carbocycles. The summed E-state index contributed by atoms with van der Waals surface area (Å²) < 4.78 is 13.0. The Bertz CT molecular complexity index is 822. The van der Waals surface area contributed by atoms with Gasteiger partial charge in [0.25, 0.3) is 0 Å². The van der Waals surface area contributed by atoms with E-state index >= 15 is 0 Å². The van der Waals surface area contributed by atoms with Gasteiger partial charge in [0, 0.05) is 16.8 Å². The second kappa shape index (κ2) is 7.88. The van der Waals surface area contributed by atoms with Crippen LogP contribution in [0.3, 0.4) is 0 Å². The number of hydrogen-bond donors (Lipinski definition) is 0. The molecule has 0 spiro atoms. The number of ether oxygens (including phenoxy) is 2. The Morgan fingerprint density at radius 3 is 2.40 bits per heavy atom. The van der Waals surface area contributed by atoms with E-state index in [1.54, 1.807) is 14.2 Å². The van der Waals surface area contributed by atoms with Gasteiger partial charge in [-0.3, -0.25) is 0 Å². The van der Waals surface area contributed by atoms with Crippen LogP contribution in [0, 0.1) is 0 Å². The van der Waals surface area contributed by atoms with Crippen molar-refractivity contribution in [2.45, 2.75) is 26.3 Å². The molecule has 25 heavy (non-hydrogen) atoms. The first-order chi connectivity index (χ1) is 12.3. The van der Waals surface area contributed by atoms with E-state index in [0.29, 0.717) is 0 Å². The van der Waals surface area contributed by atoms with Gasteiger partial charge < -0.3 is 14.0 Å². The van der Waals surface area contributed by atoms with Crippen molar-refractivity contribution >= 4 is 0 Å². The summed E-state index contributed by atoms with van der Waals surface area (Å²) in [4.78, 5) is 4.69. The Labute approximate surface area is 149 Å². The third kappa shape index (κ3) is 3.68. The fraction of sp³-hybridized carbons (Fsp3) is 0.286. The molecule has 1 aromatic heterocycles. The number of rotatable bonds is 7. The number of imidazole rings is 1. The van der Waals surface area contributed by atoms with E-state index in [0.717, 1.165) is 47.7 Å². The van der Waals surface area contributed by atoms with Gasteiger partial charge in [0.2, 0.25) is 0 Å². The molecule has 4 nitrogen and oxygen atoms in total. The van der Waals surface area contributed by atoms with Crippen LogP contribution in [-0.2, 0) is 13.0 Å². The molecule has 0 unspecified atom stereocenters. The summed E-state index contributed by atoms with van der Waals surface area (Å²) in [6, 6.07) is 16.2. The van der Waals surface area contributed by atoms with Gasteiger partial charge in [0.05, 0.1) is 32.8 Å². The van der Waals surface area contributed by atoms with Gasteiger partial charge in [-0.1, -0.05) is 31.5 Å². The number of hydrogen-bond acceptors (Lipinski definition) is 3. The maximum Gasteiger partial charge on any atom is 0.123 e. The Morgan fingerprint density at radius 2 is 1.72 bits per heavy atom. The fourth-order valence-corrected chi connectivity index (χ4v) is 3.05. The van der Waals surface area contributed by atoms with Crippen LogP contribution in [0.2, 0.25) is 0 Å². The number of methoxy groups -OCH3 is 2. The van der Waals surface area contributed by atoms with Crippen molar-refractivity contribution in [3.05, 3.63) is 66.1 Å². The smallest absolute Gasteiger partial charge is 0.123 e. The summed E-state index contributed by atoms with van der Waals surface area (Å²) in [5.41, 5.74) is 4.56. The summed E-state index contributed by atoms with van der Waals surface area (Å²) in [5.74, 6) is 1.76. The molecule has 0 radical (unpaired) electrons. The van der Waals surface area contributed by atoms with E-state index in [1.165, 1.54) is 5.69 Å². The third-order valence-electron chi connectivity index (χ3n) is 4.33. The summed E-state index contributed by atoms with van der Waals surface area (Å²) in [5, 5.41) is 0. The van der Waals surface area contributed by atoms with Crippen molar-refractivity contribution in [1.82, 2.24) is 9.55 Å². The van der Waals surface area contributed by atoms with E-state index < -0.39 is 0 Å². The highest BCUT2D eigenvalue weighted by atomic mass is 16.5. The zero-order valence-electron chi connectivity index (χ0n) is 15.0. The van der Waals surface area contributed by atoms with Crippen molar-refractivity contribution in [3.63, 3.8) is 0 Å². The largest absolute Gasteiger partial charge is 0.497 e. The van der Waals surface area contributed by atoms with Crippen LogP contribution in [0.5, 0.6) is 11.5 Å². The zero-order chi connectivity index (χ0) is 17.6. The molecular weight excluding hydrogens is 312 g/mol. The molecule has 0 bridgehead atoms. The molecule has 0 aliphatic rings. The van der Waals surface area contributed by atoms with Crippen molar-refractivity contribution in [2.24, 2.45) is 0 Å². The SMILES string of the molecule is CCCc1c(-c2ccc(OC)cc2)ncn1Cc1ccccc1OC. The fourth-order valence-electron chi connectivity index (χ4n) is 3.05. The monoisotopic (exact) mass is 336 g/mol. The van der Waals surface area contributed by atoms with E-state index in [4.69, 9.17) is 14.5 Å². The molecule has 3 aromatic rings. The molecule has 0 atom stereocenters. The molecule has 0 N–H and O–H groups in total. The predicted octanol–water partition coefficient (Wildman–Crippen LogP) is 4.57. The molecule has 0 saturated carbocycles. The molecule has 0 saturated heterocycles. The van der Waals surface area contributed by atoms with Crippen molar-refractivity contribution in [1.29, 1.82) is 0 Å². The quantitative estimate of drug-likeness (QED) is 0.634. The van der Waals surface area contributed by atoms with E-state index in [9.17, 15) is 0 Å². The predicted molar refractivity (Wildman–Crippen MR) is 100 cm³/mol. The maximum atomic E-state index is 5.49. The summed E-state index contributed by atoms with van der Waals surface area (Å²) >= 11 is 0. The average Bonchev–Trinajstić information content (AvgIpc) is 3.05. The Morgan fingerprint density at radius 1 is 0.960 bits per heavy atom. The molecule has 2 aromatic carbocycles. The van der Waals surface area contributed by atoms with Gasteiger partial charge in [-0.05, 0) is 36.8 Å². The summed E-state index contributed by atoms with van der Waals surface area (Å²) in [7, 11) is 3.39. The first-order valence-electron chi connectivity index (χ1n) is 8.57. The van der Waals surface area contributed by atoms with Crippen LogP contribution in [0.4, 0.5) is 0 Å². The molecular formula is C21H24N2O2. The van der Waals surface area contributed by atoms with Crippen molar-refractivity contribution in [2.75, 3.05) is 14.2 Å². The van der Waals surface area contributed by atoms with Crippen LogP contribution in [-0.4, -0.2) is 23.8 Å². The minimum atomic E-state index is 0.752. The molecule has 0 amide bonds. The Hall–Kier alpha value is -2.75. The molecule has 0 aliphatic heterocycles. The normalized spacial score (nSPS) is 10.7. The van der Waals surface area contributed by atoms with Crippen LogP contribution < -0.4 is 9.47 Å². The van der Waals surface area contributed by atoms with Gasteiger partial charge in [-0.25, -0.2) is 4.98 Å². The van der Waals surface area contributed by atoms with Gasteiger partial charge >= 0.3 is 0 Å². The highest BCUT2D eigenvalue weighted by molar-refractivity contribution is 5.63. The lowest BCUT2D eigenvalue weighted by atomic mass is 10.1. The van der Waals surface area contributed by atoms with Gasteiger partial charge in [-0.2, -0.15) is 0 Å². The maximum absolute atomic E-state index is 5.49. The van der Waals surface area contributed by atoms with E-state index in [1.807, 2.05) is 36.7 Å². The summed E-state index contributed by atoms with van der Waals surface area (Å²) in [6.07, 6.45) is 3.98. The standard InChI is InChI=1S/C21H24N2O2/c1-4-7-19-21(16-10-12-18(24-2)13-11-16)22-15-23(19)14-17-8-5-6-9-20(17)25-3/h5-6,8-13,15H,4,7,14H2,1-3H3. The number of aromatic nitrogens is 2. The van der Waals surface area contributed by atoms with E-state index in [-0.39, 0.29) is 0 Å². The van der Waals surface area contributed by atoms with Gasteiger partial charge in [0.15, 0.2) is 0 Å². The zero-order valence-corrected chi connectivity index (χ0v) is 15.0. The first kappa shape index (κ1) is 17.1. The second-order valence-corrected chi connectivity index (χ2v) is 5.96. The van der Waals surface area contributed by atoms with Crippen molar-refractivity contribution in [3.8, 4) is 22.8 Å². The Kier molecular flexibility index (Phi) is 5.39. The minimum Gasteiger partial charge on any atom is -0.497 e. The lowest BCUT2D eigenvalue weighted by Crippen LogP contribution is -2.05. The summed E-state index contributed by atoms with van der Waals surface area (Å²) in [6.45, 7) is 2.95. The minimum absolute atomic E-state index is 0.752. The van der Waals surface area contributed by atoms with E-state index in [2.05, 4.69) is 29.7 Å².